The van der Waals surface area contributed by atoms with Gasteiger partial charge in [0.15, 0.2) is 5.65 Å². The highest BCUT2D eigenvalue weighted by Crippen LogP contribution is 2.52. The lowest BCUT2D eigenvalue weighted by Crippen LogP contribution is -2.33. The summed E-state index contributed by atoms with van der Waals surface area (Å²) in [5.41, 5.74) is 3.47. The normalized spacial score (nSPS) is 14.7. The largest absolute Gasteiger partial charge is 0.415 e. The van der Waals surface area contributed by atoms with Crippen LogP contribution >= 0.6 is 0 Å². The minimum absolute atomic E-state index is 0.179. The molecule has 1 saturated carbocycles. The van der Waals surface area contributed by atoms with Crippen molar-refractivity contribution >= 4 is 17.7 Å². The first-order chi connectivity index (χ1) is 16.0. The molecule has 3 aromatic heterocycles. The Morgan fingerprint density at radius 3 is 2.61 bits per heavy atom. The highest BCUT2D eigenvalue weighted by atomic mass is 19.3. The number of rotatable bonds is 4. The van der Waals surface area contributed by atoms with Crippen molar-refractivity contribution in [3.63, 3.8) is 0 Å². The lowest BCUT2D eigenvalue weighted by Gasteiger charge is -2.38. The zero-order valence-electron chi connectivity index (χ0n) is 17.2. The first kappa shape index (κ1) is 23.5. The van der Waals surface area contributed by atoms with E-state index < -0.39 is 18.4 Å². The van der Waals surface area contributed by atoms with Crippen LogP contribution in [-0.4, -0.2) is 32.6 Å². The summed E-state index contributed by atoms with van der Waals surface area (Å²) in [5, 5.41) is 21.3. The molecule has 0 aliphatic heterocycles. The lowest BCUT2D eigenvalue weighted by atomic mass is 9.67. The van der Waals surface area contributed by atoms with E-state index in [2.05, 4.69) is 31.7 Å². The number of anilines is 1. The molecule has 0 atom stereocenters. The highest BCUT2D eigenvalue weighted by molar-refractivity contribution is 5.71. The standard InChI is InChI=1S/C12H12FN3.C8H5F2N3O2.CHN/c13-9-6-10-14-7-8-2-5-12(3-1-4-12)11(8)16(10)15-9;9-8(10)15-7-5(2-11)1-6(3-12-7)13-4-14;1-2/h6-7H,1-5H2;1,3-4,8H,(H,13,14);1H. The number of nitrogens with one attached hydrogen (secondary N) is 1. The molecule has 3 aromatic rings. The van der Waals surface area contributed by atoms with Crippen LogP contribution in [0.5, 0.6) is 5.88 Å². The number of nitriles is 2. The Labute approximate surface area is 186 Å². The molecule has 0 radical (unpaired) electrons. The molecular weight excluding hydrogens is 439 g/mol. The van der Waals surface area contributed by atoms with Gasteiger partial charge in [0.05, 0.1) is 17.6 Å². The summed E-state index contributed by atoms with van der Waals surface area (Å²) in [6.45, 7) is 0.453. The fourth-order valence-corrected chi connectivity index (χ4v) is 4.13. The summed E-state index contributed by atoms with van der Waals surface area (Å²) in [4.78, 5) is 17.8. The smallest absolute Gasteiger partial charge is 0.388 e. The molecule has 0 aromatic carbocycles. The van der Waals surface area contributed by atoms with Crippen LogP contribution in [0.4, 0.5) is 18.9 Å². The molecule has 2 aliphatic carbocycles. The summed E-state index contributed by atoms with van der Waals surface area (Å²) in [7, 11) is 0. The van der Waals surface area contributed by atoms with Crippen molar-refractivity contribution in [1.82, 2.24) is 19.6 Å². The Morgan fingerprint density at radius 2 is 2.00 bits per heavy atom. The first-order valence-electron chi connectivity index (χ1n) is 9.80. The lowest BCUT2D eigenvalue weighted by molar-refractivity contribution is -0.105. The molecule has 12 heteroatoms. The van der Waals surface area contributed by atoms with E-state index in [0.29, 0.717) is 12.1 Å². The van der Waals surface area contributed by atoms with Crippen LogP contribution < -0.4 is 10.1 Å². The van der Waals surface area contributed by atoms with Crippen molar-refractivity contribution in [2.75, 3.05) is 5.32 Å². The molecule has 33 heavy (non-hydrogen) atoms. The third-order valence-electron chi connectivity index (χ3n) is 5.61. The fraction of sp³-hybridized carbons (Fsp3) is 0.333. The molecule has 5 rings (SSSR count). The van der Waals surface area contributed by atoms with Gasteiger partial charge in [0.2, 0.25) is 18.2 Å². The summed E-state index contributed by atoms with van der Waals surface area (Å²) in [6.07, 6.45) is 9.37. The number of hydrogen-bond acceptors (Lipinski definition) is 7. The van der Waals surface area contributed by atoms with E-state index in [4.69, 9.17) is 10.5 Å². The fourth-order valence-electron chi connectivity index (χ4n) is 4.13. The zero-order valence-corrected chi connectivity index (χ0v) is 17.2. The molecule has 1 fully saturated rings. The number of nitrogens with zero attached hydrogens (tertiary/aromatic N) is 6. The van der Waals surface area contributed by atoms with Crippen LogP contribution in [0.3, 0.4) is 0 Å². The van der Waals surface area contributed by atoms with Crippen LogP contribution in [0.15, 0.2) is 24.5 Å². The molecule has 1 N–H and O–H groups in total. The summed E-state index contributed by atoms with van der Waals surface area (Å²) < 4.78 is 42.6. The minimum Gasteiger partial charge on any atom is -0.415 e. The number of pyridine rings is 1. The van der Waals surface area contributed by atoms with Gasteiger partial charge in [0.1, 0.15) is 11.6 Å². The predicted octanol–water partition coefficient (Wildman–Crippen LogP) is 3.50. The number of ether oxygens (including phenoxy) is 1. The summed E-state index contributed by atoms with van der Waals surface area (Å²) >= 11 is 0. The van der Waals surface area contributed by atoms with E-state index in [1.165, 1.54) is 49.1 Å². The number of fused-ring (bicyclic) bond motifs is 4. The van der Waals surface area contributed by atoms with Gasteiger partial charge in [-0.05, 0) is 37.3 Å². The molecule has 9 nitrogen and oxygen atoms in total. The number of amides is 1. The second-order valence-electron chi connectivity index (χ2n) is 7.33. The van der Waals surface area contributed by atoms with E-state index in [-0.39, 0.29) is 16.7 Å². The van der Waals surface area contributed by atoms with Crippen LogP contribution in [0.1, 0.15) is 42.5 Å². The third-order valence-corrected chi connectivity index (χ3v) is 5.61. The maximum Gasteiger partial charge on any atom is 0.388 e. The van der Waals surface area contributed by atoms with Crippen molar-refractivity contribution in [1.29, 1.82) is 10.5 Å². The second kappa shape index (κ2) is 9.96. The SMILES string of the molecule is C#N.Fc1cc2ncc3c(n2n1)C1(CCC1)CC3.N#Cc1cc(NC=O)cnc1OC(F)F. The number of carbonyl (C=O) groups excluding carboxylic acids is 1. The third kappa shape index (κ3) is 4.70. The molecular formula is C21H18F3N7O2. The maximum absolute atomic E-state index is 13.2. The van der Waals surface area contributed by atoms with E-state index in [0.717, 1.165) is 12.6 Å². The molecule has 0 unspecified atom stereocenters. The van der Waals surface area contributed by atoms with Crippen molar-refractivity contribution in [2.24, 2.45) is 0 Å². The Kier molecular flexibility index (Phi) is 7.08. The van der Waals surface area contributed by atoms with Crippen molar-refractivity contribution in [3.8, 4) is 18.5 Å². The van der Waals surface area contributed by atoms with Gasteiger partial charge in [0, 0.05) is 24.3 Å². The second-order valence-corrected chi connectivity index (χ2v) is 7.33. The first-order valence-corrected chi connectivity index (χ1v) is 9.80. The van der Waals surface area contributed by atoms with Crippen molar-refractivity contribution in [2.45, 2.75) is 44.1 Å². The molecule has 2 aliphatic rings. The number of halogens is 3. The molecule has 0 bridgehead atoms. The van der Waals surface area contributed by atoms with Crippen molar-refractivity contribution < 1.29 is 22.7 Å². The number of hydrogen-bond donors (Lipinski definition) is 1. The number of aromatic nitrogens is 4. The van der Waals surface area contributed by atoms with Gasteiger partial charge < -0.3 is 10.1 Å². The van der Waals surface area contributed by atoms with Gasteiger partial charge in [0.25, 0.3) is 0 Å². The quantitative estimate of drug-likeness (QED) is 0.594. The Morgan fingerprint density at radius 1 is 1.24 bits per heavy atom. The van der Waals surface area contributed by atoms with Crippen LogP contribution in [0, 0.1) is 29.1 Å². The van der Waals surface area contributed by atoms with Crippen LogP contribution in [0.2, 0.25) is 0 Å². The van der Waals surface area contributed by atoms with Gasteiger partial charge in [-0.1, -0.05) is 6.42 Å². The van der Waals surface area contributed by atoms with E-state index in [1.807, 2.05) is 6.20 Å². The zero-order chi connectivity index (χ0) is 24.0. The number of alkyl halides is 2. The average Bonchev–Trinajstić information content (AvgIpc) is 3.36. The van der Waals surface area contributed by atoms with Gasteiger partial charge >= 0.3 is 6.61 Å². The number of aryl methyl sites for hydroxylation is 1. The Bertz CT molecular complexity index is 1220. The molecule has 1 spiro atoms. The predicted molar refractivity (Wildman–Crippen MR) is 109 cm³/mol. The molecule has 0 saturated heterocycles. The van der Waals surface area contributed by atoms with Crippen molar-refractivity contribution in [3.05, 3.63) is 47.3 Å². The Balaban J connectivity index is 0.000000174. The maximum atomic E-state index is 13.2. The Hall–Kier alpha value is -4.19. The average molecular weight is 457 g/mol. The molecule has 3 heterocycles. The summed E-state index contributed by atoms with van der Waals surface area (Å²) in [6, 6.07) is 4.21. The van der Waals surface area contributed by atoms with E-state index in [9.17, 15) is 18.0 Å². The van der Waals surface area contributed by atoms with Gasteiger partial charge in [-0.2, -0.15) is 18.4 Å². The number of carbonyl (C=O) groups is 1. The molecule has 170 valence electrons. The van der Waals surface area contributed by atoms with Crippen LogP contribution in [-0.2, 0) is 16.6 Å². The topological polar surface area (TPSA) is 129 Å². The van der Waals surface area contributed by atoms with E-state index >= 15 is 0 Å². The van der Waals surface area contributed by atoms with Crippen LogP contribution in [0.25, 0.3) is 5.65 Å². The van der Waals surface area contributed by atoms with Gasteiger partial charge in [-0.3, -0.25) is 4.79 Å². The van der Waals surface area contributed by atoms with E-state index in [1.54, 1.807) is 10.6 Å². The minimum atomic E-state index is -3.05. The molecule has 1 amide bonds. The summed E-state index contributed by atoms with van der Waals surface area (Å²) in [5.74, 6) is -0.897. The highest BCUT2D eigenvalue weighted by Gasteiger charge is 2.45. The van der Waals surface area contributed by atoms with Gasteiger partial charge in [-0.25, -0.2) is 19.7 Å². The monoisotopic (exact) mass is 457 g/mol. The van der Waals surface area contributed by atoms with Gasteiger partial charge in [-0.15, -0.1) is 5.10 Å².